The monoisotopic (exact) mass is 820 g/mol. The van der Waals surface area contributed by atoms with E-state index in [0.717, 1.165) is 0 Å². The molecule has 3 aliphatic heterocycles. The largest absolute Gasteiger partial charge is 0.461 e. The molecule has 14 nitrogen and oxygen atoms in total. The Bertz CT molecular complexity index is 1330. The average Bonchev–Trinajstić information content (AvgIpc) is 3.15. The number of cyclic esters (lactones) is 2. The van der Waals surface area contributed by atoms with Gasteiger partial charge in [0.25, 0.3) is 0 Å². The maximum atomic E-state index is 12.9. The van der Waals surface area contributed by atoms with Gasteiger partial charge in [0, 0.05) is 37.5 Å². The molecule has 14 heteroatoms. The zero-order valence-corrected chi connectivity index (χ0v) is 34.7. The van der Waals surface area contributed by atoms with Crippen LogP contribution in [0.3, 0.4) is 0 Å². The number of rotatable bonds is 0. The van der Waals surface area contributed by atoms with E-state index in [2.05, 4.69) is 0 Å². The average molecular weight is 821 g/mol. The van der Waals surface area contributed by atoms with Gasteiger partial charge in [0.1, 0.15) is 11.6 Å². The van der Waals surface area contributed by atoms with Crippen LogP contribution >= 0.6 is 0 Å². The summed E-state index contributed by atoms with van der Waals surface area (Å²) in [5.74, 6) is -8.28. The van der Waals surface area contributed by atoms with E-state index in [9.17, 15) is 49.8 Å². The van der Waals surface area contributed by atoms with E-state index in [1.165, 1.54) is 0 Å². The molecule has 12 atom stereocenters. The number of fused-ring (bicyclic) bond motifs is 4. The van der Waals surface area contributed by atoms with E-state index in [1.807, 2.05) is 24.3 Å². The molecule has 328 valence electrons. The Morgan fingerprint density at radius 2 is 0.810 bits per heavy atom. The van der Waals surface area contributed by atoms with Crippen molar-refractivity contribution in [3.8, 4) is 0 Å². The maximum Gasteiger partial charge on any atom is 0.340 e. The lowest BCUT2D eigenvalue weighted by molar-refractivity contribution is -0.317. The highest BCUT2D eigenvalue weighted by Crippen LogP contribution is 2.38. The van der Waals surface area contributed by atoms with Gasteiger partial charge in [0.2, 0.25) is 23.8 Å². The van der Waals surface area contributed by atoms with Crippen LogP contribution in [0, 0.1) is 11.8 Å². The number of allylic oxidation sites excluding steroid dienone is 8. The van der Waals surface area contributed by atoms with Crippen molar-refractivity contribution >= 4 is 23.5 Å². The normalized spacial score (nSPS) is 38.6. The van der Waals surface area contributed by atoms with Crippen LogP contribution in [0.2, 0.25) is 0 Å². The molecule has 6 N–H and O–H groups in total. The number of esters is 2. The molecular formula is C44H68O14. The van der Waals surface area contributed by atoms with Gasteiger partial charge in [0.05, 0.1) is 36.6 Å². The van der Waals surface area contributed by atoms with E-state index in [-0.39, 0.29) is 37.2 Å². The van der Waals surface area contributed by atoms with Crippen molar-refractivity contribution in [2.24, 2.45) is 11.8 Å². The summed E-state index contributed by atoms with van der Waals surface area (Å²) in [5, 5.41) is 65.2. The molecule has 3 aliphatic rings. The molecule has 0 aromatic heterocycles. The molecule has 0 amide bonds. The summed E-state index contributed by atoms with van der Waals surface area (Å²) >= 11 is 0. The number of Topliss-reactive ketones (excluding diaryl/α,β-unsaturated/α-hetero) is 2. The van der Waals surface area contributed by atoms with Crippen LogP contribution in [0.25, 0.3) is 0 Å². The third kappa shape index (κ3) is 15.8. The molecule has 0 spiro atoms. The number of ether oxygens (including phenoxy) is 4. The van der Waals surface area contributed by atoms with Gasteiger partial charge in [-0.2, -0.15) is 0 Å². The minimum atomic E-state index is -2.24. The number of carbonyl (C=O) groups is 4. The molecule has 0 aliphatic carbocycles. The van der Waals surface area contributed by atoms with Gasteiger partial charge in [-0.05, 0) is 90.9 Å². The molecule has 0 aromatic carbocycles. The zero-order valence-electron chi connectivity index (χ0n) is 34.7. The van der Waals surface area contributed by atoms with E-state index < -0.39 is 84.2 Å². The summed E-state index contributed by atoms with van der Waals surface area (Å²) in [4.78, 5) is 51.4. The van der Waals surface area contributed by atoms with Crippen molar-refractivity contribution in [1.82, 2.24) is 0 Å². The summed E-state index contributed by atoms with van der Waals surface area (Å²) in [7, 11) is 0. The Balaban J connectivity index is 1.63. The van der Waals surface area contributed by atoms with Crippen LogP contribution in [0.5, 0.6) is 0 Å². The van der Waals surface area contributed by atoms with E-state index in [1.54, 1.807) is 52.0 Å². The Kier molecular flexibility index (Phi) is 20.6. The summed E-state index contributed by atoms with van der Waals surface area (Å²) in [6.45, 7) is 6.65. The van der Waals surface area contributed by atoms with Crippen LogP contribution in [0.15, 0.2) is 48.6 Å². The lowest BCUT2D eigenvalue weighted by atomic mass is 9.85. The topological polar surface area (TPSA) is 227 Å². The van der Waals surface area contributed by atoms with Crippen LogP contribution < -0.4 is 0 Å². The zero-order chi connectivity index (χ0) is 42.9. The van der Waals surface area contributed by atoms with Crippen molar-refractivity contribution in [1.29, 1.82) is 0 Å². The van der Waals surface area contributed by atoms with Gasteiger partial charge in [-0.15, -0.1) is 0 Å². The fourth-order valence-corrected chi connectivity index (χ4v) is 7.45. The summed E-state index contributed by atoms with van der Waals surface area (Å²) < 4.78 is 22.4. The first-order valence-corrected chi connectivity index (χ1v) is 21.0. The van der Waals surface area contributed by atoms with Gasteiger partial charge in [-0.25, -0.2) is 9.59 Å². The molecule has 4 bridgehead atoms. The number of ketones is 2. The molecule has 0 saturated carbocycles. The number of carbonyl (C=O) groups excluding carboxylic acids is 4. The maximum absolute atomic E-state index is 12.9. The minimum absolute atomic E-state index is 0.0925. The van der Waals surface area contributed by atoms with Crippen molar-refractivity contribution < 1.29 is 68.8 Å². The predicted molar refractivity (Wildman–Crippen MR) is 214 cm³/mol. The Labute approximate surface area is 343 Å². The van der Waals surface area contributed by atoms with Crippen LogP contribution in [-0.2, 0) is 38.1 Å². The summed E-state index contributed by atoms with van der Waals surface area (Å²) in [6.07, 6.45) is 11.1. The molecule has 2 saturated heterocycles. The molecule has 0 aromatic rings. The Hall–Kier alpha value is -3.08. The molecule has 0 radical (unpaired) electrons. The van der Waals surface area contributed by atoms with Crippen LogP contribution in [-0.4, -0.2) is 115 Å². The third-order valence-corrected chi connectivity index (χ3v) is 11.2. The van der Waals surface area contributed by atoms with Gasteiger partial charge in [0.15, 0.2) is 0 Å². The number of aliphatic hydroxyl groups excluding tert-OH is 4. The van der Waals surface area contributed by atoms with Crippen LogP contribution in [0.1, 0.15) is 130 Å². The molecule has 3 heterocycles. The molecule has 3 rings (SSSR count). The fraction of sp³-hybridized carbons (Fsp3) is 0.727. The lowest BCUT2D eigenvalue weighted by Gasteiger charge is -2.43. The van der Waals surface area contributed by atoms with Crippen molar-refractivity contribution in [3.05, 3.63) is 48.6 Å². The number of aliphatic hydroxyl groups is 6. The molecular weight excluding hydrogens is 752 g/mol. The second-order valence-corrected chi connectivity index (χ2v) is 16.5. The highest BCUT2D eigenvalue weighted by atomic mass is 16.7. The summed E-state index contributed by atoms with van der Waals surface area (Å²) in [5.41, 5.74) is 0. The third-order valence-electron chi connectivity index (χ3n) is 11.2. The molecule has 2 fully saturated rings. The smallest absolute Gasteiger partial charge is 0.340 e. The Morgan fingerprint density at radius 3 is 1.16 bits per heavy atom. The SMILES string of the molecule is C[C@@H]1CC[C@H]2CC(=O)C[C@@H](O)CCC=CC=CCC[C@H](C)OC(=O)C(O)[C@]3(O)O[C@@H](CC[C@H]3C)CC(=O)C[C@@H](O)CCC=CC=CCC[C@H](C)OC(=O)C(O)[C@]1(O)O2. The fourth-order valence-electron chi connectivity index (χ4n) is 7.45. The minimum Gasteiger partial charge on any atom is -0.461 e. The lowest BCUT2D eigenvalue weighted by Crippen LogP contribution is -2.58. The van der Waals surface area contributed by atoms with E-state index in [4.69, 9.17) is 18.9 Å². The van der Waals surface area contributed by atoms with Gasteiger partial charge < -0.3 is 49.6 Å². The van der Waals surface area contributed by atoms with Gasteiger partial charge in [-0.1, -0.05) is 62.5 Å². The summed E-state index contributed by atoms with van der Waals surface area (Å²) in [6, 6.07) is 0. The first-order valence-electron chi connectivity index (χ1n) is 21.0. The highest BCUT2D eigenvalue weighted by Gasteiger charge is 2.52. The van der Waals surface area contributed by atoms with Gasteiger partial charge >= 0.3 is 11.9 Å². The second kappa shape index (κ2) is 24.2. The number of hydrogen-bond donors (Lipinski definition) is 6. The van der Waals surface area contributed by atoms with E-state index in [0.29, 0.717) is 77.0 Å². The quantitative estimate of drug-likeness (QED) is 0.187. The predicted octanol–water partition coefficient (Wildman–Crippen LogP) is 4.36. The molecule has 2 unspecified atom stereocenters. The standard InChI is InChI=1S/C44H68O14/c1-29-21-23-37-27-35(47)25-33(45)19-15-11-8-6-10-14-18-32(4)56-42(52)40(50)44(54)30(2)22-24-38(58-44)28-36(48)26-34(46)20-16-12-7-5-9-13-17-31(3)55-41(51)39(49)43(29,53)57-37/h5-12,29-34,37-40,45-46,49-50,53-54H,13-28H2,1-4H3/t29-,30-,31+,32+,33+,34+,37+,38+,39?,40?,43-,44-/m1/s1. The molecule has 58 heavy (non-hydrogen) atoms. The van der Waals surface area contributed by atoms with Crippen molar-refractivity contribution in [2.45, 2.75) is 191 Å². The number of hydrogen-bond acceptors (Lipinski definition) is 14. The van der Waals surface area contributed by atoms with E-state index >= 15 is 0 Å². The van der Waals surface area contributed by atoms with Gasteiger partial charge in [-0.3, -0.25) is 9.59 Å². The van der Waals surface area contributed by atoms with Crippen molar-refractivity contribution in [2.75, 3.05) is 0 Å². The first-order chi connectivity index (χ1) is 27.4. The van der Waals surface area contributed by atoms with Crippen molar-refractivity contribution in [3.63, 3.8) is 0 Å². The second-order valence-electron chi connectivity index (χ2n) is 16.5. The van der Waals surface area contributed by atoms with Crippen LogP contribution in [0.4, 0.5) is 0 Å². The highest BCUT2D eigenvalue weighted by molar-refractivity contribution is 5.80. The first kappa shape index (κ1) is 49.3. The Morgan fingerprint density at radius 1 is 0.483 bits per heavy atom.